The smallest absolute Gasteiger partial charge is 0.222 e. The van der Waals surface area contributed by atoms with Gasteiger partial charge in [-0.3, -0.25) is 4.79 Å². The summed E-state index contributed by atoms with van der Waals surface area (Å²) in [5, 5.41) is 3.31. The van der Waals surface area contributed by atoms with E-state index in [2.05, 4.69) is 10.2 Å². The molecular weight excluding hydrogens is 176 g/mol. The molecule has 2 aliphatic heterocycles. The average molecular weight is 196 g/mol. The summed E-state index contributed by atoms with van der Waals surface area (Å²) in [6.45, 7) is 4.13. The van der Waals surface area contributed by atoms with E-state index in [9.17, 15) is 4.79 Å². The molecule has 0 aromatic heterocycles. The number of likely N-dealkylation sites (tertiary alicyclic amines) is 1. The zero-order valence-electron chi connectivity index (χ0n) is 8.80. The highest BCUT2D eigenvalue weighted by Crippen LogP contribution is 2.16. The third-order valence-corrected chi connectivity index (χ3v) is 3.33. The third-order valence-electron chi connectivity index (χ3n) is 3.33. The van der Waals surface area contributed by atoms with Crippen molar-refractivity contribution in [2.45, 2.75) is 32.1 Å². The predicted octanol–water partition coefficient (Wildman–Crippen LogP) is 0.998. The van der Waals surface area contributed by atoms with E-state index in [0.717, 1.165) is 32.6 Å². The number of carbonyl (C=O) groups is 1. The molecule has 1 unspecified atom stereocenters. The number of amides is 1. The Kier molecular flexibility index (Phi) is 3.40. The van der Waals surface area contributed by atoms with Crippen LogP contribution in [0.15, 0.2) is 0 Å². The molecule has 2 saturated heterocycles. The van der Waals surface area contributed by atoms with Gasteiger partial charge in [0, 0.05) is 19.5 Å². The first-order valence-electron chi connectivity index (χ1n) is 5.85. The first-order valence-corrected chi connectivity index (χ1v) is 5.85. The Morgan fingerprint density at radius 2 is 2.07 bits per heavy atom. The van der Waals surface area contributed by atoms with Gasteiger partial charge < -0.3 is 10.2 Å². The fourth-order valence-corrected chi connectivity index (χ4v) is 2.41. The summed E-state index contributed by atoms with van der Waals surface area (Å²) in [7, 11) is 0. The van der Waals surface area contributed by atoms with Gasteiger partial charge in [-0.25, -0.2) is 0 Å². The number of piperidine rings is 1. The van der Waals surface area contributed by atoms with E-state index < -0.39 is 0 Å². The molecule has 1 N–H and O–H groups in total. The van der Waals surface area contributed by atoms with E-state index in [-0.39, 0.29) is 0 Å². The van der Waals surface area contributed by atoms with Crippen LogP contribution in [0.1, 0.15) is 32.1 Å². The summed E-state index contributed by atoms with van der Waals surface area (Å²) in [5.74, 6) is 0.989. The van der Waals surface area contributed by atoms with Crippen molar-refractivity contribution in [3.8, 4) is 0 Å². The van der Waals surface area contributed by atoms with E-state index >= 15 is 0 Å². The van der Waals surface area contributed by atoms with Gasteiger partial charge in [0.25, 0.3) is 0 Å². The molecule has 0 saturated carbocycles. The minimum absolute atomic E-state index is 0.387. The molecule has 0 radical (unpaired) electrons. The largest absolute Gasteiger partial charge is 0.343 e. The van der Waals surface area contributed by atoms with Crippen LogP contribution in [0.4, 0.5) is 0 Å². The Hall–Kier alpha value is -0.570. The fourth-order valence-electron chi connectivity index (χ4n) is 2.41. The Balaban J connectivity index is 1.75. The van der Waals surface area contributed by atoms with Crippen LogP contribution in [0.25, 0.3) is 0 Å². The lowest BCUT2D eigenvalue weighted by Crippen LogP contribution is -2.36. The second kappa shape index (κ2) is 4.78. The van der Waals surface area contributed by atoms with E-state index in [4.69, 9.17) is 0 Å². The van der Waals surface area contributed by atoms with E-state index in [1.54, 1.807) is 0 Å². The summed E-state index contributed by atoms with van der Waals surface area (Å²) in [6.07, 6.45) is 5.66. The van der Waals surface area contributed by atoms with Crippen LogP contribution in [0, 0.1) is 5.92 Å². The maximum Gasteiger partial charge on any atom is 0.222 e. The second-order valence-corrected chi connectivity index (χ2v) is 4.50. The lowest BCUT2D eigenvalue weighted by Gasteiger charge is -2.27. The summed E-state index contributed by atoms with van der Waals surface area (Å²) in [5.41, 5.74) is 0. The molecule has 80 valence electrons. The molecule has 3 nitrogen and oxygen atoms in total. The first-order chi connectivity index (χ1) is 6.86. The minimum atomic E-state index is 0.387. The number of nitrogens with one attached hydrogen (secondary N) is 1. The topological polar surface area (TPSA) is 32.3 Å². The molecule has 3 heteroatoms. The number of hydrogen-bond donors (Lipinski definition) is 1. The number of carbonyl (C=O) groups excluding carboxylic acids is 1. The standard InChI is InChI=1S/C11H20N2O/c14-11(8-10-4-5-12-9-10)13-6-2-1-3-7-13/h10,12H,1-9H2. The zero-order valence-corrected chi connectivity index (χ0v) is 8.80. The number of rotatable bonds is 2. The van der Waals surface area contributed by atoms with Crippen molar-refractivity contribution in [1.29, 1.82) is 0 Å². The second-order valence-electron chi connectivity index (χ2n) is 4.50. The highest BCUT2D eigenvalue weighted by Gasteiger charge is 2.22. The van der Waals surface area contributed by atoms with Gasteiger partial charge in [0.2, 0.25) is 5.91 Å². The molecule has 0 aliphatic carbocycles. The van der Waals surface area contributed by atoms with E-state index in [0.29, 0.717) is 11.8 Å². The van der Waals surface area contributed by atoms with Gasteiger partial charge in [-0.1, -0.05) is 0 Å². The summed E-state index contributed by atoms with van der Waals surface area (Å²) < 4.78 is 0. The lowest BCUT2D eigenvalue weighted by molar-refractivity contribution is -0.132. The Bertz CT molecular complexity index is 193. The highest BCUT2D eigenvalue weighted by molar-refractivity contribution is 5.76. The summed E-state index contributed by atoms with van der Waals surface area (Å²) in [4.78, 5) is 13.9. The van der Waals surface area contributed by atoms with Crippen LogP contribution >= 0.6 is 0 Å². The molecule has 2 rings (SSSR count). The van der Waals surface area contributed by atoms with Gasteiger partial charge in [0.15, 0.2) is 0 Å². The molecule has 0 aromatic rings. The molecule has 2 aliphatic rings. The third kappa shape index (κ3) is 2.47. The minimum Gasteiger partial charge on any atom is -0.343 e. The van der Waals surface area contributed by atoms with Gasteiger partial charge in [-0.15, -0.1) is 0 Å². The van der Waals surface area contributed by atoms with Crippen LogP contribution in [0.3, 0.4) is 0 Å². The summed E-state index contributed by atoms with van der Waals surface area (Å²) in [6, 6.07) is 0. The number of hydrogen-bond acceptors (Lipinski definition) is 2. The van der Waals surface area contributed by atoms with Crippen LogP contribution in [0.5, 0.6) is 0 Å². The molecular formula is C11H20N2O. The van der Waals surface area contributed by atoms with Gasteiger partial charge >= 0.3 is 0 Å². The highest BCUT2D eigenvalue weighted by atomic mass is 16.2. The van der Waals surface area contributed by atoms with Crippen molar-refractivity contribution < 1.29 is 4.79 Å². The molecule has 0 aromatic carbocycles. The first kappa shape index (κ1) is 9.97. The van der Waals surface area contributed by atoms with Gasteiger partial charge in [-0.2, -0.15) is 0 Å². The van der Waals surface area contributed by atoms with Crippen molar-refractivity contribution in [2.75, 3.05) is 26.2 Å². The summed E-state index contributed by atoms with van der Waals surface area (Å²) >= 11 is 0. The fraction of sp³-hybridized carbons (Fsp3) is 0.909. The zero-order chi connectivity index (χ0) is 9.80. The van der Waals surface area contributed by atoms with Crippen LogP contribution in [-0.2, 0) is 4.79 Å². The Morgan fingerprint density at radius 3 is 2.71 bits per heavy atom. The Labute approximate surface area is 85.8 Å². The molecule has 1 atom stereocenters. The quantitative estimate of drug-likeness (QED) is 0.714. The number of nitrogens with zero attached hydrogens (tertiary/aromatic N) is 1. The molecule has 2 heterocycles. The normalized spacial score (nSPS) is 28.0. The van der Waals surface area contributed by atoms with Gasteiger partial charge in [0.05, 0.1) is 0 Å². The average Bonchev–Trinajstić information content (AvgIpc) is 2.72. The maximum atomic E-state index is 11.9. The maximum absolute atomic E-state index is 11.9. The van der Waals surface area contributed by atoms with Crippen LogP contribution < -0.4 is 5.32 Å². The van der Waals surface area contributed by atoms with Crippen molar-refractivity contribution in [3.05, 3.63) is 0 Å². The van der Waals surface area contributed by atoms with Gasteiger partial charge in [0.1, 0.15) is 0 Å². The van der Waals surface area contributed by atoms with Crippen molar-refractivity contribution in [2.24, 2.45) is 5.92 Å². The van der Waals surface area contributed by atoms with Crippen LogP contribution in [-0.4, -0.2) is 37.0 Å². The molecule has 2 fully saturated rings. The monoisotopic (exact) mass is 196 g/mol. The van der Waals surface area contributed by atoms with E-state index in [1.807, 2.05) is 0 Å². The molecule has 0 spiro atoms. The Morgan fingerprint density at radius 1 is 1.29 bits per heavy atom. The lowest BCUT2D eigenvalue weighted by atomic mass is 10.0. The van der Waals surface area contributed by atoms with Crippen molar-refractivity contribution >= 4 is 5.91 Å². The molecule has 0 bridgehead atoms. The van der Waals surface area contributed by atoms with E-state index in [1.165, 1.54) is 25.7 Å². The van der Waals surface area contributed by atoms with Crippen LogP contribution in [0.2, 0.25) is 0 Å². The predicted molar refractivity (Wildman–Crippen MR) is 56.0 cm³/mol. The van der Waals surface area contributed by atoms with Crippen molar-refractivity contribution in [3.63, 3.8) is 0 Å². The van der Waals surface area contributed by atoms with Gasteiger partial charge in [-0.05, 0) is 44.7 Å². The molecule has 1 amide bonds. The SMILES string of the molecule is O=C(CC1CCNC1)N1CCCCC1. The molecule has 14 heavy (non-hydrogen) atoms. The van der Waals surface area contributed by atoms with Crippen molar-refractivity contribution in [1.82, 2.24) is 10.2 Å².